The van der Waals surface area contributed by atoms with E-state index in [1.165, 1.54) is 12.1 Å². The third-order valence-corrected chi connectivity index (χ3v) is 8.35. The molecule has 1 N–H and O–H groups in total. The summed E-state index contributed by atoms with van der Waals surface area (Å²) in [6, 6.07) is 9.64. The molecule has 2 unspecified atom stereocenters. The van der Waals surface area contributed by atoms with Crippen LogP contribution in [0, 0.1) is 18.6 Å². The Labute approximate surface area is 261 Å². The van der Waals surface area contributed by atoms with Gasteiger partial charge >= 0.3 is 6.09 Å². The average molecular weight is 663 g/mol. The zero-order valence-corrected chi connectivity index (χ0v) is 27.2. The predicted octanol–water partition coefficient (Wildman–Crippen LogP) is 7.26. The van der Waals surface area contributed by atoms with Crippen LogP contribution in [0.4, 0.5) is 13.6 Å². The number of carbonyl (C=O) groups is 2. The number of nitrogens with one attached hydrogen (secondary N) is 1. The third kappa shape index (κ3) is 8.35. The van der Waals surface area contributed by atoms with E-state index in [0.29, 0.717) is 50.0 Å². The molecule has 0 saturated carbocycles. The number of piperidine rings is 1. The molecule has 3 aromatic rings. The van der Waals surface area contributed by atoms with Crippen LogP contribution in [0.3, 0.4) is 0 Å². The number of benzene rings is 2. The van der Waals surface area contributed by atoms with Gasteiger partial charge in [-0.25, -0.2) is 13.6 Å². The number of aromatic nitrogens is 1. The molecule has 0 bridgehead atoms. The van der Waals surface area contributed by atoms with Crippen molar-refractivity contribution in [2.24, 2.45) is 0 Å². The molecule has 1 saturated heterocycles. The number of likely N-dealkylation sites (tertiary alicyclic amines) is 1. The molecule has 1 fully saturated rings. The summed E-state index contributed by atoms with van der Waals surface area (Å²) in [5.74, 6) is -1.08. The SMILES string of the molecule is COCCCn1c(C2CCCN(C(=O)CC(Cc3ccc(Br)cc3)NC(=O)OC(C)(C)C)C2)c(C)c2c(F)ccc(F)c21. The van der Waals surface area contributed by atoms with E-state index in [0.717, 1.165) is 28.6 Å². The molecule has 43 heavy (non-hydrogen) atoms. The maximum atomic E-state index is 15.1. The van der Waals surface area contributed by atoms with Crippen molar-refractivity contribution in [3.8, 4) is 0 Å². The maximum absolute atomic E-state index is 15.1. The van der Waals surface area contributed by atoms with Crippen molar-refractivity contribution in [1.82, 2.24) is 14.8 Å². The van der Waals surface area contributed by atoms with E-state index in [1.807, 2.05) is 40.7 Å². The molecule has 2 atom stereocenters. The van der Waals surface area contributed by atoms with Crippen LogP contribution in [0.1, 0.15) is 69.2 Å². The van der Waals surface area contributed by atoms with Gasteiger partial charge in [0.15, 0.2) is 0 Å². The van der Waals surface area contributed by atoms with Crippen LogP contribution in [0.5, 0.6) is 0 Å². The lowest BCUT2D eigenvalue weighted by atomic mass is 9.91. The van der Waals surface area contributed by atoms with Crippen LogP contribution < -0.4 is 5.32 Å². The lowest BCUT2D eigenvalue weighted by Crippen LogP contribution is -2.46. The highest BCUT2D eigenvalue weighted by atomic mass is 79.9. The number of alkyl carbamates (subject to hydrolysis) is 1. The van der Waals surface area contributed by atoms with Crippen molar-refractivity contribution >= 4 is 38.8 Å². The van der Waals surface area contributed by atoms with E-state index in [9.17, 15) is 9.59 Å². The Morgan fingerprint density at radius 1 is 1.12 bits per heavy atom. The second-order valence-electron chi connectivity index (χ2n) is 12.3. The Balaban J connectivity index is 1.57. The summed E-state index contributed by atoms with van der Waals surface area (Å²) in [7, 11) is 1.62. The number of methoxy groups -OCH3 is 1. The molecule has 0 spiro atoms. The Morgan fingerprint density at radius 2 is 1.81 bits per heavy atom. The van der Waals surface area contributed by atoms with E-state index < -0.39 is 29.4 Å². The molecular weight excluding hydrogens is 620 g/mol. The van der Waals surface area contributed by atoms with Crippen LogP contribution in [0.2, 0.25) is 0 Å². The van der Waals surface area contributed by atoms with Gasteiger partial charge in [0.25, 0.3) is 0 Å². The monoisotopic (exact) mass is 661 g/mol. The fourth-order valence-corrected chi connectivity index (χ4v) is 6.32. The van der Waals surface area contributed by atoms with Crippen LogP contribution in [-0.4, -0.2) is 59.9 Å². The van der Waals surface area contributed by atoms with Gasteiger partial charge in [0.05, 0.1) is 5.52 Å². The van der Waals surface area contributed by atoms with E-state index in [1.54, 1.807) is 27.9 Å². The lowest BCUT2D eigenvalue weighted by molar-refractivity contribution is -0.132. The van der Waals surface area contributed by atoms with Crippen molar-refractivity contribution in [2.75, 3.05) is 26.8 Å². The van der Waals surface area contributed by atoms with Gasteiger partial charge in [0.2, 0.25) is 5.91 Å². The largest absolute Gasteiger partial charge is 0.444 e. The van der Waals surface area contributed by atoms with Crippen LogP contribution in [0.25, 0.3) is 10.9 Å². The fourth-order valence-electron chi connectivity index (χ4n) is 6.06. The molecule has 2 aromatic carbocycles. The number of amides is 2. The first kappa shape index (κ1) is 32.9. The highest BCUT2D eigenvalue weighted by Crippen LogP contribution is 2.38. The van der Waals surface area contributed by atoms with Gasteiger partial charge in [-0.3, -0.25) is 4.79 Å². The Hall–Kier alpha value is -2.98. The summed E-state index contributed by atoms with van der Waals surface area (Å²) in [6.45, 7) is 9.21. The average Bonchev–Trinajstić information content (AvgIpc) is 3.24. The topological polar surface area (TPSA) is 72.8 Å². The summed E-state index contributed by atoms with van der Waals surface area (Å²) in [6.07, 6.45) is 2.19. The molecule has 1 aliphatic rings. The quantitative estimate of drug-likeness (QED) is 0.232. The van der Waals surface area contributed by atoms with Gasteiger partial charge in [0, 0.05) is 67.3 Å². The molecule has 4 rings (SSSR count). The maximum Gasteiger partial charge on any atom is 0.407 e. The van der Waals surface area contributed by atoms with Crippen molar-refractivity contribution in [1.29, 1.82) is 0 Å². The van der Waals surface area contributed by atoms with Crippen molar-refractivity contribution in [3.05, 3.63) is 69.3 Å². The van der Waals surface area contributed by atoms with Crippen molar-refractivity contribution in [2.45, 2.75) is 83.9 Å². The number of carbonyl (C=O) groups excluding carboxylic acids is 2. The molecule has 2 amide bonds. The first-order chi connectivity index (χ1) is 20.4. The van der Waals surface area contributed by atoms with E-state index in [-0.39, 0.29) is 23.8 Å². The predicted molar refractivity (Wildman–Crippen MR) is 167 cm³/mol. The summed E-state index contributed by atoms with van der Waals surface area (Å²) in [5.41, 5.74) is 2.15. The van der Waals surface area contributed by atoms with Gasteiger partial charge in [-0.2, -0.15) is 0 Å². The minimum Gasteiger partial charge on any atom is -0.444 e. The number of nitrogens with zero attached hydrogens (tertiary/aromatic N) is 2. The van der Waals surface area contributed by atoms with Crippen LogP contribution >= 0.6 is 15.9 Å². The second-order valence-corrected chi connectivity index (χ2v) is 13.2. The zero-order valence-electron chi connectivity index (χ0n) is 25.6. The molecule has 0 aliphatic carbocycles. The summed E-state index contributed by atoms with van der Waals surface area (Å²) in [4.78, 5) is 28.3. The first-order valence-corrected chi connectivity index (χ1v) is 15.6. The van der Waals surface area contributed by atoms with Gasteiger partial charge in [-0.15, -0.1) is 0 Å². The summed E-state index contributed by atoms with van der Waals surface area (Å²) in [5, 5.41) is 3.21. The minimum atomic E-state index is -0.672. The van der Waals surface area contributed by atoms with Gasteiger partial charge in [0.1, 0.15) is 17.2 Å². The number of hydrogen-bond donors (Lipinski definition) is 1. The van der Waals surface area contributed by atoms with Gasteiger partial charge in [-0.1, -0.05) is 28.1 Å². The molecule has 10 heteroatoms. The molecular formula is C33H42BrF2N3O4. The molecule has 7 nitrogen and oxygen atoms in total. The lowest BCUT2D eigenvalue weighted by Gasteiger charge is -2.35. The minimum absolute atomic E-state index is 0.0834. The van der Waals surface area contributed by atoms with Gasteiger partial charge in [-0.05, 0) is 88.8 Å². The Kier molecular flexibility index (Phi) is 10.9. The number of rotatable bonds is 10. The fraction of sp³-hybridized carbons (Fsp3) is 0.515. The number of halogens is 3. The Morgan fingerprint density at radius 3 is 2.49 bits per heavy atom. The standard InChI is InChI=1S/C33H42BrF2N3O4/c1-21-29-26(35)13-14-27(36)31(29)39(16-7-17-42-5)30(21)23-8-6-15-38(20-23)28(40)19-25(37-32(41)43-33(2,3)4)18-22-9-11-24(34)12-10-22/h9-14,23,25H,6-8,15-20H2,1-5H3,(H,37,41). The molecule has 0 radical (unpaired) electrons. The van der Waals surface area contributed by atoms with Crippen LogP contribution in [-0.2, 0) is 27.2 Å². The second kappa shape index (κ2) is 14.2. The van der Waals surface area contributed by atoms with Gasteiger partial charge < -0.3 is 24.3 Å². The number of ether oxygens (including phenoxy) is 2. The van der Waals surface area contributed by atoms with E-state index in [2.05, 4.69) is 21.2 Å². The van der Waals surface area contributed by atoms with E-state index >= 15 is 8.78 Å². The molecule has 234 valence electrons. The Bertz CT molecular complexity index is 1430. The number of aryl methyl sites for hydroxylation is 2. The highest BCUT2D eigenvalue weighted by molar-refractivity contribution is 9.10. The molecule has 1 aliphatic heterocycles. The summed E-state index contributed by atoms with van der Waals surface area (Å²) < 4.78 is 43.7. The first-order valence-electron chi connectivity index (χ1n) is 14.8. The van der Waals surface area contributed by atoms with E-state index in [4.69, 9.17) is 9.47 Å². The van der Waals surface area contributed by atoms with Crippen LogP contribution in [0.15, 0.2) is 40.9 Å². The van der Waals surface area contributed by atoms with Crippen molar-refractivity contribution < 1.29 is 27.8 Å². The zero-order chi connectivity index (χ0) is 31.3. The smallest absolute Gasteiger partial charge is 0.407 e. The summed E-state index contributed by atoms with van der Waals surface area (Å²) >= 11 is 3.45. The number of hydrogen-bond acceptors (Lipinski definition) is 4. The molecule has 2 heterocycles. The third-order valence-electron chi connectivity index (χ3n) is 7.83. The molecule has 1 aromatic heterocycles. The highest BCUT2D eigenvalue weighted by Gasteiger charge is 2.32. The number of fused-ring (bicyclic) bond motifs is 1. The van der Waals surface area contributed by atoms with Crippen molar-refractivity contribution in [3.63, 3.8) is 0 Å². The normalized spacial score (nSPS) is 16.4.